The third kappa shape index (κ3) is 3.70. The van der Waals surface area contributed by atoms with Crippen LogP contribution in [-0.2, 0) is 10.0 Å². The van der Waals surface area contributed by atoms with Gasteiger partial charge in [0.05, 0.1) is 24.8 Å². The Balaban J connectivity index is 2.04. The molecule has 0 aliphatic carbocycles. The van der Waals surface area contributed by atoms with Gasteiger partial charge in [-0.15, -0.1) is 0 Å². The second-order valence-corrected chi connectivity index (χ2v) is 7.56. The summed E-state index contributed by atoms with van der Waals surface area (Å²) in [7, 11) is 0.775. The molecule has 3 aromatic rings. The maximum atomic E-state index is 12.8. The number of benzene rings is 2. The molecule has 0 radical (unpaired) electrons. The summed E-state index contributed by atoms with van der Waals surface area (Å²) in [6.07, 6.45) is 1.51. The van der Waals surface area contributed by atoms with E-state index < -0.39 is 10.0 Å². The van der Waals surface area contributed by atoms with Gasteiger partial charge >= 0.3 is 0 Å². The Hall–Kier alpha value is -3.13. The number of sulfonamides is 1. The lowest BCUT2D eigenvalue weighted by Gasteiger charge is -2.18. The summed E-state index contributed by atoms with van der Waals surface area (Å²) >= 11 is 0. The molecule has 0 amide bonds. The second kappa shape index (κ2) is 7.63. The van der Waals surface area contributed by atoms with Crippen LogP contribution in [0.3, 0.4) is 0 Å². The first-order valence-electron chi connectivity index (χ1n) is 8.07. The fraction of sp³-hybridized carbons (Fsp3) is 0.158. The summed E-state index contributed by atoms with van der Waals surface area (Å²) in [5, 5.41) is 0. The molecular formula is C19H19N3O4S. The highest BCUT2D eigenvalue weighted by Gasteiger charge is 2.23. The fourth-order valence-electron chi connectivity index (χ4n) is 2.52. The molecule has 0 N–H and O–H groups in total. The molecule has 7 nitrogen and oxygen atoms in total. The minimum Gasteiger partial charge on any atom is -0.497 e. The zero-order valence-electron chi connectivity index (χ0n) is 15.2. The van der Waals surface area contributed by atoms with Gasteiger partial charge in [0.1, 0.15) is 11.5 Å². The zero-order valence-corrected chi connectivity index (χ0v) is 16.0. The van der Waals surface area contributed by atoms with Crippen LogP contribution in [0.15, 0.2) is 65.7 Å². The first-order valence-corrected chi connectivity index (χ1v) is 9.51. The highest BCUT2D eigenvalue weighted by atomic mass is 32.2. The van der Waals surface area contributed by atoms with Gasteiger partial charge in [0.15, 0.2) is 0 Å². The van der Waals surface area contributed by atoms with Crippen molar-refractivity contribution in [2.75, 3.05) is 25.6 Å². The van der Waals surface area contributed by atoms with E-state index in [0.29, 0.717) is 22.8 Å². The molecule has 0 atom stereocenters. The molecule has 1 heterocycles. The molecule has 27 heavy (non-hydrogen) atoms. The van der Waals surface area contributed by atoms with Crippen molar-refractivity contribution in [1.82, 2.24) is 9.97 Å². The minimum absolute atomic E-state index is 0.0567. The van der Waals surface area contributed by atoms with Crippen LogP contribution in [0.4, 0.5) is 5.95 Å². The van der Waals surface area contributed by atoms with E-state index in [-0.39, 0.29) is 10.8 Å². The highest BCUT2D eigenvalue weighted by molar-refractivity contribution is 7.92. The van der Waals surface area contributed by atoms with E-state index in [4.69, 9.17) is 9.47 Å². The van der Waals surface area contributed by atoms with Crippen molar-refractivity contribution < 1.29 is 17.9 Å². The molecular weight excluding hydrogens is 366 g/mol. The van der Waals surface area contributed by atoms with E-state index in [0.717, 1.165) is 4.31 Å². The predicted octanol–water partition coefficient (Wildman–Crippen LogP) is 2.99. The Kier molecular flexibility index (Phi) is 5.27. The van der Waals surface area contributed by atoms with Crippen molar-refractivity contribution in [1.29, 1.82) is 0 Å². The number of ether oxygens (including phenoxy) is 2. The van der Waals surface area contributed by atoms with Crippen LogP contribution < -0.4 is 13.8 Å². The summed E-state index contributed by atoms with van der Waals surface area (Å²) in [4.78, 5) is 8.70. The number of hydrogen-bond donors (Lipinski definition) is 0. The lowest BCUT2D eigenvalue weighted by Crippen LogP contribution is -2.28. The first kappa shape index (κ1) is 18.7. The van der Waals surface area contributed by atoms with Crippen molar-refractivity contribution in [2.24, 2.45) is 0 Å². The van der Waals surface area contributed by atoms with E-state index in [1.54, 1.807) is 56.7 Å². The van der Waals surface area contributed by atoms with E-state index >= 15 is 0 Å². The molecule has 0 saturated carbocycles. The molecule has 0 spiro atoms. The number of anilines is 1. The van der Waals surface area contributed by atoms with Gasteiger partial charge in [0.25, 0.3) is 10.0 Å². The minimum atomic E-state index is -3.77. The van der Waals surface area contributed by atoms with Gasteiger partial charge in [0.2, 0.25) is 5.95 Å². The van der Waals surface area contributed by atoms with E-state index in [1.165, 1.54) is 25.4 Å². The molecule has 8 heteroatoms. The van der Waals surface area contributed by atoms with Gasteiger partial charge in [-0.25, -0.2) is 22.7 Å². The average molecular weight is 385 g/mol. The Labute approximate surface area is 158 Å². The maximum absolute atomic E-state index is 12.8. The third-order valence-electron chi connectivity index (χ3n) is 4.01. The lowest BCUT2D eigenvalue weighted by atomic mass is 10.1. The Bertz CT molecular complexity index is 1040. The fourth-order valence-corrected chi connectivity index (χ4v) is 3.64. The van der Waals surface area contributed by atoms with Crippen molar-refractivity contribution in [3.8, 4) is 22.8 Å². The number of nitrogens with zero attached hydrogens (tertiary/aromatic N) is 3. The molecule has 2 aromatic carbocycles. The second-order valence-electron chi connectivity index (χ2n) is 5.59. The zero-order chi connectivity index (χ0) is 19.4. The molecule has 0 aliphatic rings. The van der Waals surface area contributed by atoms with Crippen molar-refractivity contribution >= 4 is 16.0 Å². The molecule has 1 aromatic heterocycles. The van der Waals surface area contributed by atoms with E-state index in [1.807, 2.05) is 0 Å². The summed E-state index contributed by atoms with van der Waals surface area (Å²) in [6.45, 7) is 0. The molecule has 0 bridgehead atoms. The number of methoxy groups -OCH3 is 2. The summed E-state index contributed by atoms with van der Waals surface area (Å²) < 4.78 is 37.3. The van der Waals surface area contributed by atoms with Crippen LogP contribution >= 0.6 is 0 Å². The standard InChI is InChI=1S/C19H19N3O4S/c1-22(27(23,24)15-7-5-4-6-8-15)19-20-12-11-17(21-19)16-13-14(25-2)9-10-18(16)26-3/h4-13H,1-3H3. The van der Waals surface area contributed by atoms with Crippen LogP contribution in [0.1, 0.15) is 0 Å². The summed E-state index contributed by atoms with van der Waals surface area (Å²) in [5.41, 5.74) is 1.19. The molecule has 0 aliphatic heterocycles. The van der Waals surface area contributed by atoms with Crippen molar-refractivity contribution in [3.05, 3.63) is 60.8 Å². The maximum Gasteiger partial charge on any atom is 0.266 e. The SMILES string of the molecule is COc1ccc(OC)c(-c2ccnc(N(C)S(=O)(=O)c3ccccc3)n2)c1. The Morgan fingerprint density at radius 1 is 0.963 bits per heavy atom. The normalized spacial score (nSPS) is 11.1. The summed E-state index contributed by atoms with van der Waals surface area (Å²) in [6, 6.07) is 15.1. The van der Waals surface area contributed by atoms with Gasteiger partial charge in [-0.05, 0) is 36.4 Å². The monoisotopic (exact) mass is 385 g/mol. The Morgan fingerprint density at radius 2 is 1.70 bits per heavy atom. The van der Waals surface area contributed by atoms with E-state index in [9.17, 15) is 8.42 Å². The smallest absolute Gasteiger partial charge is 0.266 e. The predicted molar refractivity (Wildman–Crippen MR) is 103 cm³/mol. The summed E-state index contributed by atoms with van der Waals surface area (Å²) in [5.74, 6) is 1.28. The van der Waals surface area contributed by atoms with Gasteiger partial charge in [-0.2, -0.15) is 0 Å². The molecule has 0 fully saturated rings. The Morgan fingerprint density at radius 3 is 2.37 bits per heavy atom. The quantitative estimate of drug-likeness (QED) is 0.649. The number of hydrogen-bond acceptors (Lipinski definition) is 6. The van der Waals surface area contributed by atoms with Gasteiger partial charge in [-0.1, -0.05) is 18.2 Å². The molecule has 0 saturated heterocycles. The van der Waals surface area contributed by atoms with Crippen LogP contribution in [-0.4, -0.2) is 39.7 Å². The molecule has 0 unspecified atom stereocenters. The topological polar surface area (TPSA) is 81.6 Å². The lowest BCUT2D eigenvalue weighted by molar-refractivity contribution is 0.404. The molecule has 140 valence electrons. The van der Waals surface area contributed by atoms with Crippen molar-refractivity contribution in [3.63, 3.8) is 0 Å². The van der Waals surface area contributed by atoms with Crippen LogP contribution in [0.25, 0.3) is 11.3 Å². The third-order valence-corrected chi connectivity index (χ3v) is 5.76. The number of rotatable bonds is 6. The highest BCUT2D eigenvalue weighted by Crippen LogP contribution is 2.33. The molecule has 3 rings (SSSR count). The van der Waals surface area contributed by atoms with Crippen molar-refractivity contribution in [2.45, 2.75) is 4.90 Å². The van der Waals surface area contributed by atoms with Gasteiger partial charge in [0, 0.05) is 18.8 Å². The van der Waals surface area contributed by atoms with E-state index in [2.05, 4.69) is 9.97 Å². The largest absolute Gasteiger partial charge is 0.497 e. The van der Waals surface area contributed by atoms with Crippen LogP contribution in [0.5, 0.6) is 11.5 Å². The van der Waals surface area contributed by atoms with Crippen LogP contribution in [0.2, 0.25) is 0 Å². The first-order chi connectivity index (χ1) is 13.0. The van der Waals surface area contributed by atoms with Crippen LogP contribution in [0, 0.1) is 0 Å². The average Bonchev–Trinajstić information content (AvgIpc) is 2.73. The van der Waals surface area contributed by atoms with Gasteiger partial charge in [-0.3, -0.25) is 0 Å². The van der Waals surface area contributed by atoms with Gasteiger partial charge < -0.3 is 9.47 Å². The number of aromatic nitrogens is 2.